The minimum Gasteiger partial charge on any atom is -0.497 e. The van der Waals surface area contributed by atoms with Crippen molar-refractivity contribution in [1.29, 1.82) is 0 Å². The third kappa shape index (κ3) is 15.5. The maximum atomic E-state index is 12.0. The van der Waals surface area contributed by atoms with Gasteiger partial charge in [0.05, 0.1) is 12.0 Å². The van der Waals surface area contributed by atoms with Gasteiger partial charge < -0.3 is 9.47 Å². The average molecular weight is 476 g/mol. The Labute approximate surface area is 206 Å². The van der Waals surface area contributed by atoms with Gasteiger partial charge in [0.2, 0.25) is 0 Å². The van der Waals surface area contributed by atoms with E-state index in [0.717, 1.165) is 19.3 Å². The molecule has 1 aromatic carbocycles. The van der Waals surface area contributed by atoms with Crippen LogP contribution in [0.2, 0.25) is 0 Å². The van der Waals surface area contributed by atoms with Crippen molar-refractivity contribution in [2.75, 3.05) is 13.7 Å². The molecule has 0 N–H and O–H groups in total. The van der Waals surface area contributed by atoms with E-state index in [0.29, 0.717) is 17.7 Å². The minimum atomic E-state index is -0.509. The van der Waals surface area contributed by atoms with Crippen molar-refractivity contribution >= 4 is 12.0 Å². The second kappa shape index (κ2) is 20.0. The first kappa shape index (κ1) is 29.7. The zero-order valence-electron chi connectivity index (χ0n) is 21.4. The first-order chi connectivity index (χ1) is 16.6. The van der Waals surface area contributed by atoms with E-state index < -0.39 is 4.92 Å². The lowest BCUT2D eigenvalue weighted by atomic mass is 10.0. The fourth-order valence-corrected chi connectivity index (χ4v) is 3.91. The van der Waals surface area contributed by atoms with Gasteiger partial charge in [-0.25, -0.2) is 0 Å². The summed E-state index contributed by atoms with van der Waals surface area (Å²) in [6.45, 7) is 1.94. The van der Waals surface area contributed by atoms with E-state index in [9.17, 15) is 14.9 Å². The number of carbonyl (C=O) groups excluding carboxylic acids is 1. The minimum absolute atomic E-state index is 0.144. The number of nitro groups is 1. The van der Waals surface area contributed by atoms with Gasteiger partial charge in [-0.15, -0.1) is 0 Å². The molecule has 0 aromatic heterocycles. The lowest BCUT2D eigenvalue weighted by Gasteiger charge is -2.05. The number of hydrogen-bond acceptors (Lipinski definition) is 5. The fraction of sp³-hybridized carbons (Fsp3) is 0.679. The molecular formula is C28H45NO5. The largest absolute Gasteiger partial charge is 0.497 e. The number of esters is 1. The summed E-state index contributed by atoms with van der Waals surface area (Å²) < 4.78 is 10.2. The van der Waals surface area contributed by atoms with Crippen LogP contribution in [0.3, 0.4) is 0 Å². The van der Waals surface area contributed by atoms with Gasteiger partial charge in [0.1, 0.15) is 5.75 Å². The number of benzene rings is 1. The zero-order valence-corrected chi connectivity index (χ0v) is 21.4. The van der Waals surface area contributed by atoms with Crippen molar-refractivity contribution in [2.45, 2.75) is 110 Å². The second-order valence-electron chi connectivity index (χ2n) is 9.03. The zero-order chi connectivity index (χ0) is 24.9. The quantitative estimate of drug-likeness (QED) is 0.0776. The van der Waals surface area contributed by atoms with Crippen LogP contribution in [0.1, 0.15) is 115 Å². The maximum absolute atomic E-state index is 12.0. The standard InChI is InChI=1S/C28H45NO5/c1-3-4-5-6-7-8-9-10-11-12-13-14-15-16-17-18-28(30)34-24-26(29(31)32)23-25-19-21-27(33-2)22-20-25/h19-23H,3-18,24H2,1-2H3. The Kier molecular flexibility index (Phi) is 17.5. The highest BCUT2D eigenvalue weighted by atomic mass is 16.6. The molecule has 0 fully saturated rings. The summed E-state index contributed by atoms with van der Waals surface area (Å²) in [5, 5.41) is 11.3. The van der Waals surface area contributed by atoms with Crippen molar-refractivity contribution in [3.05, 3.63) is 45.6 Å². The summed E-state index contributed by atoms with van der Waals surface area (Å²) in [5.41, 5.74) is 0.515. The van der Waals surface area contributed by atoms with E-state index in [2.05, 4.69) is 6.92 Å². The highest BCUT2D eigenvalue weighted by molar-refractivity contribution is 5.69. The Bertz CT molecular complexity index is 699. The van der Waals surface area contributed by atoms with Crippen LogP contribution in [0.5, 0.6) is 5.75 Å². The third-order valence-corrected chi connectivity index (χ3v) is 6.05. The molecule has 0 aliphatic rings. The summed E-state index contributed by atoms with van der Waals surface area (Å²) in [7, 11) is 1.56. The van der Waals surface area contributed by atoms with E-state index in [1.807, 2.05) is 0 Å². The van der Waals surface area contributed by atoms with Gasteiger partial charge in [-0.05, 0) is 24.1 Å². The monoisotopic (exact) mass is 475 g/mol. The Morgan fingerprint density at radius 2 is 1.29 bits per heavy atom. The maximum Gasteiger partial charge on any atom is 0.306 e. The number of nitrogens with zero attached hydrogens (tertiary/aromatic N) is 1. The molecule has 0 heterocycles. The van der Waals surface area contributed by atoms with Crippen molar-refractivity contribution < 1.29 is 19.2 Å². The normalized spacial score (nSPS) is 11.4. The number of unbranched alkanes of at least 4 members (excludes halogenated alkanes) is 14. The highest BCUT2D eigenvalue weighted by Gasteiger charge is 2.14. The van der Waals surface area contributed by atoms with Crippen LogP contribution in [-0.2, 0) is 9.53 Å². The molecule has 0 radical (unpaired) electrons. The average Bonchev–Trinajstić information content (AvgIpc) is 2.84. The molecule has 1 aromatic rings. The number of ether oxygens (including phenoxy) is 2. The van der Waals surface area contributed by atoms with Gasteiger partial charge in [-0.3, -0.25) is 14.9 Å². The second-order valence-corrected chi connectivity index (χ2v) is 9.03. The van der Waals surface area contributed by atoms with Gasteiger partial charge >= 0.3 is 5.97 Å². The molecule has 0 amide bonds. The fourth-order valence-electron chi connectivity index (χ4n) is 3.91. The van der Waals surface area contributed by atoms with E-state index in [4.69, 9.17) is 9.47 Å². The Hall–Kier alpha value is -2.37. The summed E-state index contributed by atoms with van der Waals surface area (Å²) in [5.74, 6) is 0.298. The summed E-state index contributed by atoms with van der Waals surface area (Å²) >= 11 is 0. The van der Waals surface area contributed by atoms with Crippen molar-refractivity contribution in [2.24, 2.45) is 0 Å². The predicted octanol–water partition coefficient (Wildman–Crippen LogP) is 8.12. The molecule has 0 saturated heterocycles. The molecule has 0 spiro atoms. The summed E-state index contributed by atoms with van der Waals surface area (Å²) in [4.78, 5) is 22.7. The van der Waals surface area contributed by atoms with Crippen LogP contribution in [0, 0.1) is 10.1 Å². The van der Waals surface area contributed by atoms with Crippen LogP contribution in [0.15, 0.2) is 30.0 Å². The summed E-state index contributed by atoms with van der Waals surface area (Å²) in [6, 6.07) is 6.90. The van der Waals surface area contributed by atoms with Gasteiger partial charge in [-0.2, -0.15) is 0 Å². The smallest absolute Gasteiger partial charge is 0.306 e. The molecule has 0 atom stereocenters. The van der Waals surface area contributed by atoms with Gasteiger partial charge in [-0.1, -0.05) is 109 Å². The molecule has 0 unspecified atom stereocenters. The molecule has 0 aliphatic carbocycles. The lowest BCUT2D eigenvalue weighted by molar-refractivity contribution is -0.428. The Balaban J connectivity index is 2.04. The van der Waals surface area contributed by atoms with Crippen LogP contribution in [-0.4, -0.2) is 24.6 Å². The van der Waals surface area contributed by atoms with E-state index in [1.165, 1.54) is 83.1 Å². The van der Waals surface area contributed by atoms with Crippen LogP contribution in [0.25, 0.3) is 6.08 Å². The van der Waals surface area contributed by atoms with E-state index >= 15 is 0 Å². The van der Waals surface area contributed by atoms with E-state index in [-0.39, 0.29) is 18.3 Å². The third-order valence-electron chi connectivity index (χ3n) is 6.05. The van der Waals surface area contributed by atoms with Gasteiger partial charge in [0.15, 0.2) is 6.61 Å². The molecular weight excluding hydrogens is 430 g/mol. The molecule has 34 heavy (non-hydrogen) atoms. The molecule has 6 nitrogen and oxygen atoms in total. The van der Waals surface area contributed by atoms with Crippen molar-refractivity contribution in [3.8, 4) is 5.75 Å². The first-order valence-corrected chi connectivity index (χ1v) is 13.2. The molecule has 0 saturated carbocycles. The lowest BCUT2D eigenvalue weighted by Crippen LogP contribution is -2.12. The predicted molar refractivity (Wildman–Crippen MR) is 138 cm³/mol. The van der Waals surface area contributed by atoms with E-state index in [1.54, 1.807) is 31.4 Å². The Morgan fingerprint density at radius 3 is 1.74 bits per heavy atom. The highest BCUT2D eigenvalue weighted by Crippen LogP contribution is 2.16. The number of rotatable bonds is 21. The SMILES string of the molecule is CCCCCCCCCCCCCCCCCC(=O)OCC(=Cc1ccc(OC)cc1)[N+](=O)[O-]. The van der Waals surface area contributed by atoms with Gasteiger partial charge in [0, 0.05) is 12.5 Å². The summed E-state index contributed by atoms with van der Waals surface area (Å²) in [6.07, 6.45) is 20.8. The topological polar surface area (TPSA) is 78.7 Å². The number of hydrogen-bond donors (Lipinski definition) is 0. The van der Waals surface area contributed by atoms with Gasteiger partial charge in [0.25, 0.3) is 5.70 Å². The first-order valence-electron chi connectivity index (χ1n) is 13.2. The molecule has 1 rings (SSSR count). The Morgan fingerprint density at radius 1 is 0.824 bits per heavy atom. The molecule has 6 heteroatoms. The molecule has 0 aliphatic heterocycles. The number of methoxy groups -OCH3 is 1. The van der Waals surface area contributed by atoms with Crippen molar-refractivity contribution in [3.63, 3.8) is 0 Å². The molecule has 192 valence electrons. The number of carbonyl (C=O) groups is 1. The molecule has 0 bridgehead atoms. The van der Waals surface area contributed by atoms with Crippen LogP contribution < -0.4 is 4.74 Å². The van der Waals surface area contributed by atoms with Crippen LogP contribution in [0.4, 0.5) is 0 Å². The van der Waals surface area contributed by atoms with Crippen molar-refractivity contribution in [1.82, 2.24) is 0 Å². The van der Waals surface area contributed by atoms with Crippen LogP contribution >= 0.6 is 0 Å².